The van der Waals surface area contributed by atoms with E-state index in [1.807, 2.05) is 58.5 Å². The minimum Gasteiger partial charge on any atom is -0.337 e. The number of rotatable bonds is 4. The Balaban J connectivity index is 1.58. The normalized spacial score (nSPS) is 15.8. The van der Waals surface area contributed by atoms with Gasteiger partial charge in [-0.05, 0) is 36.6 Å². The molecule has 3 aromatic rings. The predicted octanol–water partition coefficient (Wildman–Crippen LogP) is 2.35. The van der Waals surface area contributed by atoms with Crippen LogP contribution in [0.5, 0.6) is 0 Å². The van der Waals surface area contributed by atoms with Crippen molar-refractivity contribution in [1.82, 2.24) is 29.5 Å². The fraction of sp³-hybridized carbons (Fsp3) is 0.400. The molecule has 0 radical (unpaired) electrons. The summed E-state index contributed by atoms with van der Waals surface area (Å²) < 4.78 is 1.54. The van der Waals surface area contributed by atoms with Gasteiger partial charge in [-0.15, -0.1) is 0 Å². The second kappa shape index (κ2) is 11.5. The molecule has 0 saturated heterocycles. The van der Waals surface area contributed by atoms with E-state index in [2.05, 4.69) is 20.0 Å². The van der Waals surface area contributed by atoms with E-state index in [1.54, 1.807) is 17.9 Å². The van der Waals surface area contributed by atoms with Gasteiger partial charge in [-0.25, -0.2) is 9.67 Å². The van der Waals surface area contributed by atoms with E-state index in [0.717, 1.165) is 49.4 Å². The van der Waals surface area contributed by atoms with Gasteiger partial charge >= 0.3 is 0 Å². The lowest BCUT2D eigenvalue weighted by Gasteiger charge is -2.31. The smallest absolute Gasteiger partial charge is 0.244 e. The molecule has 0 saturated carbocycles. The minimum atomic E-state index is -0.0250. The molecule has 0 aliphatic carbocycles. The van der Waals surface area contributed by atoms with Crippen molar-refractivity contribution in [2.24, 2.45) is 0 Å². The Morgan fingerprint density at radius 2 is 1.76 bits per heavy atom. The molecule has 0 unspecified atom stereocenters. The van der Waals surface area contributed by atoms with Crippen molar-refractivity contribution in [2.45, 2.75) is 39.4 Å². The molecule has 178 valence electrons. The number of benzene rings is 1. The van der Waals surface area contributed by atoms with Crippen molar-refractivity contribution in [3.63, 3.8) is 0 Å². The summed E-state index contributed by atoms with van der Waals surface area (Å²) in [7, 11) is 0. The highest BCUT2D eigenvalue weighted by atomic mass is 16.2. The summed E-state index contributed by atoms with van der Waals surface area (Å²) in [5, 5.41) is 4.08. The molecule has 2 amide bonds. The van der Waals surface area contributed by atoms with Crippen LogP contribution in [-0.4, -0.2) is 67.5 Å². The van der Waals surface area contributed by atoms with Crippen LogP contribution >= 0.6 is 0 Å². The lowest BCUT2D eigenvalue weighted by molar-refractivity contribution is -0.132. The van der Waals surface area contributed by atoms with E-state index in [1.165, 1.54) is 6.33 Å². The summed E-state index contributed by atoms with van der Waals surface area (Å²) >= 11 is 0. The first kappa shape index (κ1) is 23.6. The monoisotopic (exact) mass is 461 g/mol. The van der Waals surface area contributed by atoms with E-state index in [4.69, 9.17) is 0 Å². The maximum Gasteiger partial charge on any atom is 0.244 e. The van der Waals surface area contributed by atoms with Crippen molar-refractivity contribution in [2.75, 3.05) is 31.1 Å². The number of hydrogen-bond donors (Lipinski definition) is 0. The summed E-state index contributed by atoms with van der Waals surface area (Å²) in [5.41, 5.74) is 2.85. The van der Waals surface area contributed by atoms with Crippen LogP contribution in [0.15, 0.2) is 61.3 Å². The molecule has 0 N–H and O–H groups in total. The van der Waals surface area contributed by atoms with Crippen LogP contribution in [0, 0.1) is 0 Å². The standard InChI is InChI=1S/C25H31N7O2/c1-21(33)32-15-7-13-29(17-23-9-4-5-11-27-23)12-6-14-30(16-22-8-2-3-10-24(22)32)25(34)18-31-20-26-19-28-31/h2-5,8-11,19-20H,6-7,12-18H2,1H3. The van der Waals surface area contributed by atoms with Crippen LogP contribution in [-0.2, 0) is 29.2 Å². The molecule has 9 nitrogen and oxygen atoms in total. The van der Waals surface area contributed by atoms with E-state index < -0.39 is 0 Å². The van der Waals surface area contributed by atoms with Crippen molar-refractivity contribution >= 4 is 17.5 Å². The highest BCUT2D eigenvalue weighted by molar-refractivity contribution is 5.92. The van der Waals surface area contributed by atoms with Gasteiger partial charge in [0.2, 0.25) is 11.8 Å². The van der Waals surface area contributed by atoms with E-state index in [9.17, 15) is 9.59 Å². The van der Waals surface area contributed by atoms with Crippen molar-refractivity contribution in [3.8, 4) is 0 Å². The van der Waals surface area contributed by atoms with Gasteiger partial charge in [-0.1, -0.05) is 24.3 Å². The summed E-state index contributed by atoms with van der Waals surface area (Å²) in [6.07, 6.45) is 6.49. The number of anilines is 1. The minimum absolute atomic E-state index is 0.00118. The average molecular weight is 462 g/mol. The number of aromatic nitrogens is 4. The maximum absolute atomic E-state index is 13.2. The highest BCUT2D eigenvalue weighted by Crippen LogP contribution is 2.24. The average Bonchev–Trinajstić information content (AvgIpc) is 3.34. The third kappa shape index (κ3) is 6.26. The van der Waals surface area contributed by atoms with Gasteiger partial charge in [0.15, 0.2) is 0 Å². The fourth-order valence-electron chi connectivity index (χ4n) is 4.33. The number of para-hydroxylation sites is 1. The highest BCUT2D eigenvalue weighted by Gasteiger charge is 2.21. The first-order valence-corrected chi connectivity index (χ1v) is 11.7. The molecule has 9 heteroatoms. The van der Waals surface area contributed by atoms with Crippen LogP contribution in [0.25, 0.3) is 0 Å². The molecule has 0 atom stereocenters. The molecule has 34 heavy (non-hydrogen) atoms. The Labute approximate surface area is 200 Å². The number of carbonyl (C=O) groups is 2. The number of hydrogen-bond acceptors (Lipinski definition) is 6. The van der Waals surface area contributed by atoms with Gasteiger partial charge in [0.1, 0.15) is 19.2 Å². The molecular weight excluding hydrogens is 430 g/mol. The van der Waals surface area contributed by atoms with Crippen molar-refractivity contribution < 1.29 is 9.59 Å². The number of carbonyl (C=O) groups excluding carboxylic acids is 2. The second-order valence-electron chi connectivity index (χ2n) is 8.51. The zero-order valence-corrected chi connectivity index (χ0v) is 19.6. The van der Waals surface area contributed by atoms with Gasteiger partial charge in [0, 0.05) is 58.1 Å². The van der Waals surface area contributed by atoms with Gasteiger partial charge in [-0.2, -0.15) is 5.10 Å². The third-order valence-electron chi connectivity index (χ3n) is 6.01. The van der Waals surface area contributed by atoms with Gasteiger partial charge in [0.25, 0.3) is 0 Å². The maximum atomic E-state index is 13.2. The summed E-state index contributed by atoms with van der Waals surface area (Å²) in [4.78, 5) is 40.3. The number of amides is 2. The van der Waals surface area contributed by atoms with Gasteiger partial charge in [0.05, 0.1) is 5.69 Å². The van der Waals surface area contributed by atoms with Gasteiger partial charge < -0.3 is 9.80 Å². The SMILES string of the molecule is CC(=O)N1CCCN(Cc2ccccn2)CCCN(C(=O)Cn2cncn2)Cc2ccccc21. The molecule has 0 bridgehead atoms. The topological polar surface area (TPSA) is 87.5 Å². The molecule has 1 aromatic carbocycles. The molecule has 3 heterocycles. The van der Waals surface area contributed by atoms with Crippen LogP contribution in [0.4, 0.5) is 5.69 Å². The number of nitrogens with zero attached hydrogens (tertiary/aromatic N) is 7. The quantitative estimate of drug-likeness (QED) is 0.593. The van der Waals surface area contributed by atoms with Crippen molar-refractivity contribution in [3.05, 3.63) is 72.6 Å². The number of fused-ring (bicyclic) bond motifs is 1. The zero-order valence-electron chi connectivity index (χ0n) is 19.6. The van der Waals surface area contributed by atoms with Crippen molar-refractivity contribution in [1.29, 1.82) is 0 Å². The summed E-state index contributed by atoms with van der Waals surface area (Å²) in [6.45, 7) is 5.83. The number of pyridine rings is 1. The van der Waals surface area contributed by atoms with Crippen LogP contribution < -0.4 is 4.90 Å². The van der Waals surface area contributed by atoms with E-state index in [0.29, 0.717) is 19.6 Å². The first-order valence-electron chi connectivity index (χ1n) is 11.7. The molecule has 0 fully saturated rings. The second-order valence-corrected chi connectivity index (χ2v) is 8.51. The molecule has 0 spiro atoms. The Morgan fingerprint density at radius 3 is 2.50 bits per heavy atom. The zero-order chi connectivity index (χ0) is 23.8. The van der Waals surface area contributed by atoms with Gasteiger partial charge in [-0.3, -0.25) is 19.5 Å². The third-order valence-corrected chi connectivity index (χ3v) is 6.01. The van der Waals surface area contributed by atoms with E-state index in [-0.39, 0.29) is 18.4 Å². The molecular formula is C25H31N7O2. The lowest BCUT2D eigenvalue weighted by Crippen LogP contribution is -2.39. The lowest BCUT2D eigenvalue weighted by atomic mass is 10.1. The van der Waals surface area contributed by atoms with Crippen LogP contribution in [0.2, 0.25) is 0 Å². The predicted molar refractivity (Wildman–Crippen MR) is 129 cm³/mol. The van der Waals surface area contributed by atoms with Crippen LogP contribution in [0.3, 0.4) is 0 Å². The molecule has 4 rings (SSSR count). The summed E-state index contributed by atoms with van der Waals surface area (Å²) in [5.74, 6) is -0.0238. The molecule has 1 aliphatic rings. The summed E-state index contributed by atoms with van der Waals surface area (Å²) in [6, 6.07) is 13.8. The Bertz CT molecular complexity index is 1070. The first-order chi connectivity index (χ1) is 16.6. The Morgan fingerprint density at radius 1 is 0.971 bits per heavy atom. The molecule has 1 aliphatic heterocycles. The largest absolute Gasteiger partial charge is 0.337 e. The molecule has 2 aromatic heterocycles. The fourth-order valence-corrected chi connectivity index (χ4v) is 4.33. The van der Waals surface area contributed by atoms with Crippen LogP contribution in [0.1, 0.15) is 31.0 Å². The Hall–Kier alpha value is -3.59. The van der Waals surface area contributed by atoms with E-state index >= 15 is 0 Å². The Kier molecular flexibility index (Phi) is 7.98.